The van der Waals surface area contributed by atoms with Crippen molar-refractivity contribution in [1.29, 1.82) is 0 Å². The van der Waals surface area contributed by atoms with Crippen LogP contribution in [0.5, 0.6) is 5.75 Å². The molecule has 3 aliphatic rings. The number of carbonyl (C=O) groups is 2. The number of phenols is 1. The zero-order valence-electron chi connectivity index (χ0n) is 21.6. The number of nitrogens with one attached hydrogen (secondary N) is 2. The van der Waals surface area contributed by atoms with Gasteiger partial charge in [0.25, 0.3) is 5.91 Å². The number of ether oxygens (including phenoxy) is 1. The molecule has 2 heterocycles. The minimum Gasteiger partial charge on any atom is -0.508 e. The summed E-state index contributed by atoms with van der Waals surface area (Å²) in [5.74, 6) is -0.579. The number of phenolic OH excluding ortho intramolecular Hbond substituents is 1. The second-order valence-electron chi connectivity index (χ2n) is 9.79. The van der Waals surface area contributed by atoms with E-state index in [1.165, 1.54) is 6.07 Å². The Labute approximate surface area is 236 Å². The van der Waals surface area contributed by atoms with Crippen LogP contribution in [-0.4, -0.2) is 41.2 Å². The Bertz CT molecular complexity index is 1640. The number of carbonyl (C=O) groups excluding carboxylic acids is 2. The normalized spacial score (nSPS) is 19.6. The van der Waals surface area contributed by atoms with E-state index in [0.29, 0.717) is 48.6 Å². The van der Waals surface area contributed by atoms with Crippen LogP contribution in [-0.2, 0) is 4.74 Å². The van der Waals surface area contributed by atoms with Crippen LogP contribution in [0.15, 0.2) is 114 Å². The molecule has 7 nitrogen and oxygen atoms in total. The zero-order valence-corrected chi connectivity index (χ0v) is 22.3. The van der Waals surface area contributed by atoms with Crippen molar-refractivity contribution in [2.24, 2.45) is 0 Å². The van der Waals surface area contributed by atoms with E-state index in [0.717, 1.165) is 22.5 Å². The van der Waals surface area contributed by atoms with E-state index in [4.69, 9.17) is 16.3 Å². The fraction of sp³-hybridized carbons (Fsp3) is 0.125. The first-order valence-corrected chi connectivity index (χ1v) is 13.4. The lowest BCUT2D eigenvalue weighted by Crippen LogP contribution is -2.56. The van der Waals surface area contributed by atoms with Crippen LogP contribution < -0.4 is 10.6 Å². The summed E-state index contributed by atoms with van der Waals surface area (Å²) in [5.41, 5.74) is 5.37. The molecule has 0 saturated carbocycles. The Balaban J connectivity index is 1.32. The molecule has 200 valence electrons. The van der Waals surface area contributed by atoms with Crippen LogP contribution in [0, 0.1) is 0 Å². The molecule has 1 fully saturated rings. The van der Waals surface area contributed by atoms with E-state index in [1.54, 1.807) is 30.3 Å². The van der Waals surface area contributed by atoms with E-state index in [1.807, 2.05) is 54.9 Å². The van der Waals surface area contributed by atoms with Gasteiger partial charge in [0.1, 0.15) is 18.9 Å². The highest BCUT2D eigenvalue weighted by molar-refractivity contribution is 6.34. The van der Waals surface area contributed by atoms with Crippen molar-refractivity contribution in [2.45, 2.75) is 6.42 Å². The quantitative estimate of drug-likeness (QED) is 0.339. The highest BCUT2D eigenvalue weighted by Crippen LogP contribution is 2.40. The molecular weight excluding hydrogens is 526 g/mol. The Hall–Kier alpha value is -4.43. The molecule has 1 aliphatic carbocycles. The number of hydrogen-bond acceptors (Lipinski definition) is 5. The van der Waals surface area contributed by atoms with Crippen LogP contribution in [0.25, 0.3) is 11.1 Å². The lowest BCUT2D eigenvalue weighted by molar-refractivity contribution is -0.779. The van der Waals surface area contributed by atoms with Gasteiger partial charge in [0.2, 0.25) is 0 Å². The largest absolute Gasteiger partial charge is 0.508 e. The summed E-state index contributed by atoms with van der Waals surface area (Å²) in [4.78, 5) is 27.7. The van der Waals surface area contributed by atoms with Gasteiger partial charge in [0, 0.05) is 23.5 Å². The van der Waals surface area contributed by atoms with Gasteiger partial charge in [0.15, 0.2) is 11.4 Å². The van der Waals surface area contributed by atoms with E-state index in [9.17, 15) is 14.7 Å². The molecule has 8 heteroatoms. The third-order valence-corrected chi connectivity index (χ3v) is 7.74. The topological polar surface area (TPSA) is 87.7 Å². The summed E-state index contributed by atoms with van der Waals surface area (Å²) in [5, 5.41) is 16.4. The maximum atomic E-state index is 14.3. The molecule has 1 saturated heterocycles. The molecule has 0 radical (unpaired) electrons. The predicted octanol–water partition coefficient (Wildman–Crippen LogP) is 6.12. The molecule has 3 aromatic rings. The van der Waals surface area contributed by atoms with Gasteiger partial charge in [-0.2, -0.15) is 4.48 Å². The van der Waals surface area contributed by atoms with Crippen molar-refractivity contribution < 1.29 is 23.9 Å². The molecule has 0 aromatic heterocycles. The van der Waals surface area contributed by atoms with E-state index in [2.05, 4.69) is 16.7 Å². The lowest BCUT2D eigenvalue weighted by Gasteiger charge is -2.41. The van der Waals surface area contributed by atoms with E-state index < -0.39 is 5.91 Å². The smallest absolute Gasteiger partial charge is 0.357 e. The summed E-state index contributed by atoms with van der Waals surface area (Å²) in [6.07, 6.45) is 10.5. The van der Waals surface area contributed by atoms with E-state index >= 15 is 0 Å². The molecular formula is C32H27ClN3O4+. The number of aromatic hydroxyl groups is 1. The molecule has 2 amide bonds. The van der Waals surface area contributed by atoms with Crippen molar-refractivity contribution in [1.82, 2.24) is 5.32 Å². The summed E-state index contributed by atoms with van der Waals surface area (Å²) in [6.45, 7) is 1.19. The number of anilines is 1. The zero-order chi connectivity index (χ0) is 27.7. The fourth-order valence-corrected chi connectivity index (χ4v) is 5.73. The molecule has 1 atom stereocenters. The summed E-state index contributed by atoms with van der Waals surface area (Å²) >= 11 is 6.73. The van der Waals surface area contributed by atoms with Gasteiger partial charge in [-0.05, 0) is 53.9 Å². The van der Waals surface area contributed by atoms with Gasteiger partial charge in [0.05, 0.1) is 29.0 Å². The molecule has 0 unspecified atom stereocenters. The SMILES string of the molecule is O=C(Nc1ccc(C(=O)[N@+]23CCOCC2=CNC=C2CC=CC=C23)c(Cl)c1)c1cc(O)ccc1-c1ccccc1. The average Bonchev–Trinajstić information content (AvgIpc) is 3.15. The number of fused-ring (bicyclic) bond motifs is 3. The van der Waals surface area contributed by atoms with Crippen LogP contribution in [0.2, 0.25) is 5.02 Å². The Kier molecular flexibility index (Phi) is 6.86. The fourth-order valence-electron chi connectivity index (χ4n) is 5.47. The highest BCUT2D eigenvalue weighted by atomic mass is 35.5. The number of amides is 2. The number of hydrogen-bond donors (Lipinski definition) is 3. The minimum absolute atomic E-state index is 0.00166. The number of allylic oxidation sites excluding steroid dienone is 4. The molecule has 0 bridgehead atoms. The number of morpholine rings is 1. The summed E-state index contributed by atoms with van der Waals surface area (Å²) in [7, 11) is 0. The predicted molar refractivity (Wildman–Crippen MR) is 154 cm³/mol. The van der Waals surface area contributed by atoms with Crippen LogP contribution in [0.3, 0.4) is 0 Å². The molecule has 3 aromatic carbocycles. The van der Waals surface area contributed by atoms with Crippen molar-refractivity contribution in [2.75, 3.05) is 25.1 Å². The second-order valence-corrected chi connectivity index (χ2v) is 10.2. The van der Waals surface area contributed by atoms with E-state index in [-0.39, 0.29) is 21.2 Å². The Morgan fingerprint density at radius 3 is 2.67 bits per heavy atom. The number of nitrogens with zero attached hydrogens (tertiary/aromatic N) is 1. The van der Waals surface area contributed by atoms with Gasteiger partial charge in [-0.3, -0.25) is 4.79 Å². The third kappa shape index (κ3) is 4.54. The van der Waals surface area contributed by atoms with Gasteiger partial charge in [-0.1, -0.05) is 54.1 Å². The minimum atomic E-state index is -0.405. The molecule has 40 heavy (non-hydrogen) atoms. The van der Waals surface area contributed by atoms with Crippen molar-refractivity contribution in [3.63, 3.8) is 0 Å². The Morgan fingerprint density at radius 2 is 1.85 bits per heavy atom. The lowest BCUT2D eigenvalue weighted by atomic mass is 9.98. The third-order valence-electron chi connectivity index (χ3n) is 7.42. The average molecular weight is 553 g/mol. The van der Waals surface area contributed by atoms with Crippen molar-refractivity contribution in [3.8, 4) is 16.9 Å². The maximum Gasteiger partial charge on any atom is 0.357 e. The molecule has 6 rings (SSSR count). The Morgan fingerprint density at radius 1 is 1.00 bits per heavy atom. The van der Waals surface area contributed by atoms with Gasteiger partial charge in [-0.25, -0.2) is 4.79 Å². The van der Waals surface area contributed by atoms with Gasteiger partial charge >= 0.3 is 5.91 Å². The number of halogens is 1. The van der Waals surface area contributed by atoms with Crippen molar-refractivity contribution >= 4 is 29.1 Å². The first kappa shape index (κ1) is 25.8. The van der Waals surface area contributed by atoms with Crippen LogP contribution in [0.1, 0.15) is 27.1 Å². The molecule has 0 spiro atoms. The summed E-state index contributed by atoms with van der Waals surface area (Å²) in [6, 6.07) is 19.1. The second kappa shape index (κ2) is 10.6. The van der Waals surface area contributed by atoms with Crippen molar-refractivity contribution in [3.05, 3.63) is 130 Å². The summed E-state index contributed by atoms with van der Waals surface area (Å²) < 4.78 is 5.73. The highest BCUT2D eigenvalue weighted by Gasteiger charge is 2.50. The molecule has 2 aliphatic heterocycles. The first-order valence-electron chi connectivity index (χ1n) is 13.0. The number of rotatable bonds is 4. The first-order chi connectivity index (χ1) is 19.5. The van der Waals surface area contributed by atoms with Gasteiger partial charge < -0.3 is 20.5 Å². The monoisotopic (exact) mass is 552 g/mol. The van der Waals surface area contributed by atoms with Crippen LogP contribution >= 0.6 is 11.6 Å². The van der Waals surface area contributed by atoms with Crippen LogP contribution in [0.4, 0.5) is 5.69 Å². The standard InChI is InChI=1S/C32H26ClN3O4/c33-29-16-23(35-31(38)28-17-25(37)11-13-26(28)21-6-2-1-3-7-21)10-12-27(29)32(39)36-14-15-40-20-24(36)19-34-18-22-8-4-5-9-30(22)36/h1-7,9-13,16-19,34H,8,14-15,20H2,(H-,35,37,38,39)/p+1/t36-/m1/s1. The maximum absolute atomic E-state index is 14.3. The van der Waals surface area contributed by atoms with Gasteiger partial charge in [-0.15, -0.1) is 0 Å². The number of quaternary nitrogens is 1. The number of benzene rings is 3. The molecule has 3 N–H and O–H groups in total.